The van der Waals surface area contributed by atoms with E-state index in [9.17, 15) is 0 Å². The molecule has 0 nitrogen and oxygen atoms in total. The number of rotatable bonds is 8. The maximum atomic E-state index is 2.73. The Bertz CT molecular complexity index is 256. The molecular weight excluding hydrogens is 470 g/mol. The predicted molar refractivity (Wildman–Crippen MR) is 111 cm³/mol. The Hall–Kier alpha value is 1.46. The minimum absolute atomic E-state index is 0.324. The Balaban J connectivity index is 4.54. The van der Waals surface area contributed by atoms with Crippen LogP contribution in [0.5, 0.6) is 0 Å². The average Bonchev–Trinajstić information content (AvgIpc) is 2.24. The maximum Gasteiger partial charge on any atom is 0.0815 e. The summed E-state index contributed by atoms with van der Waals surface area (Å²) in [5, 5.41) is 0. The van der Waals surface area contributed by atoms with Crippen LogP contribution in [0.1, 0.15) is 93.4 Å². The average molecular weight is 506 g/mol. The van der Waals surface area contributed by atoms with Gasteiger partial charge < -0.3 is 0 Å². The van der Waals surface area contributed by atoms with Gasteiger partial charge in [-0.3, -0.25) is 0 Å². The second-order valence-corrected chi connectivity index (χ2v) is 13.8. The first-order valence-corrected chi connectivity index (χ1v) is 10.5. The molecule has 0 aliphatic rings. The van der Waals surface area contributed by atoms with Gasteiger partial charge in [0.1, 0.15) is 0 Å². The van der Waals surface area contributed by atoms with Gasteiger partial charge in [-0.15, -0.1) is 0 Å². The van der Waals surface area contributed by atoms with Crippen LogP contribution in [0.25, 0.3) is 0 Å². The first-order valence-electron chi connectivity index (χ1n) is 8.32. The van der Waals surface area contributed by atoms with Crippen molar-refractivity contribution in [3.05, 3.63) is 0 Å². The summed E-state index contributed by atoms with van der Waals surface area (Å²) in [5.41, 5.74) is 0.730. The quantitative estimate of drug-likeness (QED) is 0.178. The molecule has 0 heterocycles. The summed E-state index contributed by atoms with van der Waals surface area (Å²) in [6, 6.07) is 0. The van der Waals surface area contributed by atoms with Crippen LogP contribution < -0.4 is 0 Å². The Morgan fingerprint density at radius 1 is 0.750 bits per heavy atom. The molecule has 0 saturated carbocycles. The third-order valence-corrected chi connectivity index (χ3v) is 9.07. The Morgan fingerprint density at radius 3 is 1.60 bits per heavy atom. The third-order valence-electron chi connectivity index (χ3n) is 4.33. The van der Waals surface area contributed by atoms with E-state index < -0.39 is 0 Å². The van der Waals surface area contributed by atoms with Crippen molar-refractivity contribution in [2.45, 2.75) is 94.8 Å². The van der Waals surface area contributed by atoms with E-state index in [-0.39, 0.29) is 0 Å². The van der Waals surface area contributed by atoms with E-state index in [1.165, 1.54) is 44.9 Å². The zero-order chi connectivity index (χ0) is 16.0. The molecular formula is C18H36I2. The summed E-state index contributed by atoms with van der Waals surface area (Å²) in [4.78, 5) is 0. The molecule has 122 valence electrons. The highest BCUT2D eigenvalue weighted by atomic mass is 127. The van der Waals surface area contributed by atoms with Crippen LogP contribution in [0.15, 0.2) is 0 Å². The summed E-state index contributed by atoms with van der Waals surface area (Å²) in [6.07, 6.45) is 9.80. The molecule has 0 aliphatic heterocycles. The normalized spacial score (nSPS) is 15.4. The Labute approximate surface area is 155 Å². The van der Waals surface area contributed by atoms with Crippen LogP contribution in [0.3, 0.4) is 0 Å². The van der Waals surface area contributed by atoms with Crippen molar-refractivity contribution >= 4 is 45.2 Å². The zero-order valence-electron chi connectivity index (χ0n) is 14.8. The van der Waals surface area contributed by atoms with E-state index in [1.54, 1.807) is 0 Å². The molecule has 0 rings (SSSR count). The van der Waals surface area contributed by atoms with Crippen molar-refractivity contribution in [1.29, 1.82) is 0 Å². The molecule has 20 heavy (non-hydrogen) atoms. The fraction of sp³-hybridized carbons (Fsp3) is 1.00. The van der Waals surface area contributed by atoms with Crippen molar-refractivity contribution in [2.24, 2.45) is 16.7 Å². The molecule has 0 N–H and O–H groups in total. The Morgan fingerprint density at radius 2 is 1.20 bits per heavy atom. The minimum atomic E-state index is 0.324. The summed E-state index contributed by atoms with van der Waals surface area (Å²) in [5.74, 6) is 0.766. The highest BCUT2D eigenvalue weighted by Crippen LogP contribution is 2.56. The smallest absolute Gasteiger partial charge is 0.0663 e. The molecule has 2 heteroatoms. The molecule has 0 aromatic carbocycles. The van der Waals surface area contributed by atoms with Gasteiger partial charge in [0.15, 0.2) is 0 Å². The van der Waals surface area contributed by atoms with E-state index in [4.69, 9.17) is 0 Å². The van der Waals surface area contributed by atoms with Crippen molar-refractivity contribution in [2.75, 3.05) is 0 Å². The van der Waals surface area contributed by atoms with Gasteiger partial charge in [-0.25, -0.2) is 0 Å². The molecule has 1 unspecified atom stereocenters. The molecule has 0 spiro atoms. The lowest BCUT2D eigenvalue weighted by Crippen LogP contribution is -2.44. The van der Waals surface area contributed by atoms with E-state index in [1.807, 2.05) is 0 Å². The first-order chi connectivity index (χ1) is 8.94. The third kappa shape index (κ3) is 7.15. The number of hydrogen-bond donors (Lipinski definition) is 0. The summed E-state index contributed by atoms with van der Waals surface area (Å²) in [6.45, 7) is 16.7. The van der Waals surface area contributed by atoms with Crippen LogP contribution in [-0.2, 0) is 0 Å². The standard InChI is InChI=1S/C18H36I2/c1-8-9-10-11-12-13-14-15(16(2,3)4)18(19,20)17(5,6)7/h15H,8-14H2,1-7H3. The van der Waals surface area contributed by atoms with Gasteiger partial charge in [-0.2, -0.15) is 0 Å². The fourth-order valence-electron chi connectivity index (χ4n) is 2.81. The maximum absolute atomic E-state index is 2.73. The second kappa shape index (κ2) is 8.93. The minimum Gasteiger partial charge on any atom is -0.0663 e. The van der Waals surface area contributed by atoms with Crippen LogP contribution in [0, 0.1) is 16.7 Å². The van der Waals surface area contributed by atoms with E-state index in [0.717, 1.165) is 5.92 Å². The molecule has 0 aliphatic carbocycles. The monoisotopic (exact) mass is 506 g/mol. The second-order valence-electron chi connectivity index (χ2n) is 8.35. The highest BCUT2D eigenvalue weighted by molar-refractivity contribution is 14.2. The molecule has 0 bridgehead atoms. The summed E-state index contributed by atoms with van der Waals surface area (Å²) >= 11 is 5.46. The van der Waals surface area contributed by atoms with Crippen LogP contribution in [0.4, 0.5) is 0 Å². The van der Waals surface area contributed by atoms with E-state index in [0.29, 0.717) is 12.3 Å². The lowest BCUT2D eigenvalue weighted by atomic mass is 9.70. The molecule has 1 atom stereocenters. The number of unbranched alkanes of at least 4 members (excludes halogenated alkanes) is 5. The molecule has 0 radical (unpaired) electrons. The molecule has 0 aromatic heterocycles. The largest absolute Gasteiger partial charge is 0.0815 e. The van der Waals surface area contributed by atoms with E-state index in [2.05, 4.69) is 93.6 Å². The Kier molecular flexibility index (Phi) is 9.58. The number of hydrogen-bond acceptors (Lipinski definition) is 0. The predicted octanol–water partition coefficient (Wildman–Crippen LogP) is 8.01. The van der Waals surface area contributed by atoms with Gasteiger partial charge in [-0.1, -0.05) is 132 Å². The fourth-order valence-corrected chi connectivity index (χ4v) is 5.30. The van der Waals surface area contributed by atoms with Crippen molar-refractivity contribution < 1.29 is 0 Å². The van der Waals surface area contributed by atoms with Crippen LogP contribution in [0.2, 0.25) is 0 Å². The van der Waals surface area contributed by atoms with Crippen LogP contribution in [-0.4, -0.2) is 1.43 Å². The van der Waals surface area contributed by atoms with Gasteiger partial charge in [0.05, 0.1) is 1.43 Å². The van der Waals surface area contributed by atoms with Gasteiger partial charge in [0, 0.05) is 0 Å². The van der Waals surface area contributed by atoms with Crippen molar-refractivity contribution in [3.8, 4) is 0 Å². The number of alkyl halides is 2. The number of halogens is 2. The van der Waals surface area contributed by atoms with Crippen molar-refractivity contribution in [1.82, 2.24) is 0 Å². The molecule has 0 aromatic rings. The van der Waals surface area contributed by atoms with Gasteiger partial charge in [-0.05, 0) is 23.2 Å². The van der Waals surface area contributed by atoms with Gasteiger partial charge >= 0.3 is 0 Å². The van der Waals surface area contributed by atoms with Crippen LogP contribution >= 0.6 is 45.2 Å². The topological polar surface area (TPSA) is 0 Å². The van der Waals surface area contributed by atoms with Crippen molar-refractivity contribution in [3.63, 3.8) is 0 Å². The zero-order valence-corrected chi connectivity index (χ0v) is 19.1. The molecule has 0 fully saturated rings. The highest BCUT2D eigenvalue weighted by Gasteiger charge is 2.47. The van der Waals surface area contributed by atoms with E-state index >= 15 is 0 Å². The first kappa shape index (κ1) is 21.5. The molecule has 0 saturated heterocycles. The van der Waals surface area contributed by atoms with Gasteiger partial charge in [0.25, 0.3) is 0 Å². The SMILES string of the molecule is CCCCCCCCC(C(C)(C)C)C(I)(I)C(C)(C)C. The lowest BCUT2D eigenvalue weighted by molar-refractivity contribution is 0.161. The summed E-state index contributed by atoms with van der Waals surface area (Å²) < 4.78 is 0.324. The van der Waals surface area contributed by atoms with Gasteiger partial charge in [0.2, 0.25) is 0 Å². The summed E-state index contributed by atoms with van der Waals surface area (Å²) in [7, 11) is 0. The lowest BCUT2D eigenvalue weighted by Gasteiger charge is -2.47. The molecule has 0 amide bonds.